The second kappa shape index (κ2) is 6.16. The molecule has 1 fully saturated rings. The van der Waals surface area contributed by atoms with Crippen LogP contribution in [0.25, 0.3) is 11.1 Å². The van der Waals surface area contributed by atoms with Crippen LogP contribution in [-0.2, 0) is 9.59 Å². The number of amides is 2. The number of likely N-dealkylation sites (tertiary alicyclic amines) is 1. The van der Waals surface area contributed by atoms with E-state index in [9.17, 15) is 9.59 Å². The highest BCUT2D eigenvalue weighted by molar-refractivity contribution is 7.71. The maximum absolute atomic E-state index is 12.7. The van der Waals surface area contributed by atoms with E-state index in [0.29, 0.717) is 29.1 Å². The maximum Gasteiger partial charge on any atom is 0.266 e. The first kappa shape index (κ1) is 15.7. The van der Waals surface area contributed by atoms with Crippen molar-refractivity contribution < 1.29 is 14.0 Å². The predicted octanol–water partition coefficient (Wildman–Crippen LogP) is 3.08. The van der Waals surface area contributed by atoms with Crippen LogP contribution < -0.4 is 5.32 Å². The van der Waals surface area contributed by atoms with Gasteiger partial charge in [0.1, 0.15) is 6.04 Å². The zero-order valence-electron chi connectivity index (χ0n) is 13.1. The van der Waals surface area contributed by atoms with Gasteiger partial charge in [0.2, 0.25) is 11.8 Å². The highest BCUT2D eigenvalue weighted by Gasteiger charge is 2.34. The molecule has 0 spiro atoms. The van der Waals surface area contributed by atoms with Crippen molar-refractivity contribution in [3.05, 3.63) is 23.0 Å². The van der Waals surface area contributed by atoms with Gasteiger partial charge in [-0.15, -0.1) is 0 Å². The quantitative estimate of drug-likeness (QED) is 0.843. The van der Waals surface area contributed by atoms with Gasteiger partial charge in [0.05, 0.1) is 5.52 Å². The molecule has 2 N–H and O–H groups in total. The molecular formula is C16H19N3O3S. The number of aromatic nitrogens is 1. The molecule has 1 atom stereocenters. The van der Waals surface area contributed by atoms with Gasteiger partial charge < -0.3 is 19.6 Å². The van der Waals surface area contributed by atoms with Crippen molar-refractivity contribution in [3.63, 3.8) is 0 Å². The van der Waals surface area contributed by atoms with Gasteiger partial charge in [0.15, 0.2) is 5.58 Å². The zero-order valence-corrected chi connectivity index (χ0v) is 13.9. The summed E-state index contributed by atoms with van der Waals surface area (Å²) in [6.45, 7) is 4.54. The van der Waals surface area contributed by atoms with E-state index in [1.807, 2.05) is 13.8 Å². The average molecular weight is 333 g/mol. The summed E-state index contributed by atoms with van der Waals surface area (Å²) in [6, 6.07) is 4.85. The Morgan fingerprint density at radius 1 is 1.43 bits per heavy atom. The van der Waals surface area contributed by atoms with Crippen LogP contribution in [0.3, 0.4) is 0 Å². The van der Waals surface area contributed by atoms with E-state index >= 15 is 0 Å². The Balaban J connectivity index is 1.82. The molecule has 2 amide bonds. The van der Waals surface area contributed by atoms with Crippen molar-refractivity contribution in [2.24, 2.45) is 5.92 Å². The molecule has 0 aliphatic carbocycles. The van der Waals surface area contributed by atoms with Crippen molar-refractivity contribution >= 4 is 40.8 Å². The molecule has 122 valence electrons. The number of anilines is 1. The molecule has 1 aromatic heterocycles. The van der Waals surface area contributed by atoms with Gasteiger partial charge in [-0.2, -0.15) is 0 Å². The second-order valence-corrected chi connectivity index (χ2v) is 6.47. The summed E-state index contributed by atoms with van der Waals surface area (Å²) in [4.78, 5) is 29.5. The number of rotatable bonds is 4. The number of hydrogen-bond acceptors (Lipinski definition) is 4. The van der Waals surface area contributed by atoms with E-state index in [0.717, 1.165) is 11.9 Å². The number of hydrogen-bond donors (Lipinski definition) is 2. The van der Waals surface area contributed by atoms with Gasteiger partial charge in [0, 0.05) is 24.7 Å². The minimum atomic E-state index is -0.460. The third-order valence-corrected chi connectivity index (χ3v) is 4.22. The number of carbonyl (C=O) groups excluding carboxylic acids is 2. The van der Waals surface area contributed by atoms with Crippen LogP contribution in [0.15, 0.2) is 22.6 Å². The number of H-pyrrole nitrogens is 1. The van der Waals surface area contributed by atoms with E-state index in [2.05, 4.69) is 10.3 Å². The van der Waals surface area contributed by atoms with E-state index in [1.54, 1.807) is 23.1 Å². The van der Waals surface area contributed by atoms with Gasteiger partial charge in [-0.1, -0.05) is 13.8 Å². The number of benzene rings is 1. The lowest BCUT2D eigenvalue weighted by Gasteiger charge is -2.29. The molecule has 2 heterocycles. The van der Waals surface area contributed by atoms with Crippen molar-refractivity contribution in [1.29, 1.82) is 0 Å². The lowest BCUT2D eigenvalue weighted by atomic mass is 10.0. The van der Waals surface area contributed by atoms with Gasteiger partial charge in [-0.05, 0) is 36.7 Å². The first-order valence-corrected chi connectivity index (χ1v) is 8.10. The molecule has 2 aromatic rings. The van der Waals surface area contributed by atoms with Crippen LogP contribution in [0.4, 0.5) is 5.69 Å². The molecule has 3 rings (SSSR count). The summed E-state index contributed by atoms with van der Waals surface area (Å²) in [5.41, 5.74) is 1.99. The van der Waals surface area contributed by atoms with Gasteiger partial charge in [-0.3, -0.25) is 9.59 Å². The fraction of sp³-hybridized carbons (Fsp3) is 0.438. The molecule has 7 heteroatoms. The fourth-order valence-corrected chi connectivity index (χ4v) is 3.21. The standard InChI is InChI=1S/C16H19N3O3S/c1-9(2)14(19-7-3-4-13(19)20)15(21)17-10-5-6-11-12(8-10)22-16(23)18-11/h5-6,8-9,14H,3-4,7H2,1-2H3,(H,17,21)(H,18,23)/t14-/m1/s1. The van der Waals surface area contributed by atoms with Crippen LogP contribution in [-0.4, -0.2) is 34.3 Å². The SMILES string of the molecule is CC(C)[C@H](C(=O)Nc1ccc2[nH]c(=S)oc2c1)N1CCCC1=O. The molecule has 1 aliphatic heterocycles. The highest BCUT2D eigenvalue weighted by Crippen LogP contribution is 2.22. The molecule has 23 heavy (non-hydrogen) atoms. The van der Waals surface area contributed by atoms with Crippen molar-refractivity contribution in [2.75, 3.05) is 11.9 Å². The van der Waals surface area contributed by atoms with Crippen LogP contribution in [0.1, 0.15) is 26.7 Å². The Hall–Kier alpha value is -2.15. The van der Waals surface area contributed by atoms with Crippen LogP contribution in [0.5, 0.6) is 0 Å². The first-order valence-electron chi connectivity index (χ1n) is 7.69. The summed E-state index contributed by atoms with van der Waals surface area (Å²) < 4.78 is 5.36. The summed E-state index contributed by atoms with van der Waals surface area (Å²) in [5.74, 6) is -0.0913. The molecule has 0 saturated carbocycles. The zero-order chi connectivity index (χ0) is 16.6. The van der Waals surface area contributed by atoms with E-state index in [1.165, 1.54) is 0 Å². The smallest absolute Gasteiger partial charge is 0.266 e. The fourth-order valence-electron chi connectivity index (χ4n) is 3.01. The molecule has 1 saturated heterocycles. The second-order valence-electron chi connectivity index (χ2n) is 6.09. The Kier molecular flexibility index (Phi) is 4.21. The normalized spacial score (nSPS) is 16.3. The van der Waals surface area contributed by atoms with Crippen LogP contribution in [0.2, 0.25) is 0 Å². The molecule has 1 aliphatic rings. The van der Waals surface area contributed by atoms with Crippen molar-refractivity contribution in [2.45, 2.75) is 32.7 Å². The van der Waals surface area contributed by atoms with Crippen molar-refractivity contribution in [3.8, 4) is 0 Å². The summed E-state index contributed by atoms with van der Waals surface area (Å²) >= 11 is 4.95. The van der Waals surface area contributed by atoms with Gasteiger partial charge in [-0.25, -0.2) is 0 Å². The number of nitrogens with zero attached hydrogens (tertiary/aromatic N) is 1. The van der Waals surface area contributed by atoms with E-state index in [4.69, 9.17) is 16.6 Å². The minimum absolute atomic E-state index is 0.0389. The monoisotopic (exact) mass is 333 g/mol. The van der Waals surface area contributed by atoms with E-state index in [-0.39, 0.29) is 17.7 Å². The van der Waals surface area contributed by atoms with Crippen LogP contribution in [0, 0.1) is 10.8 Å². The lowest BCUT2D eigenvalue weighted by Crippen LogP contribution is -2.47. The lowest BCUT2D eigenvalue weighted by molar-refractivity contribution is -0.136. The topological polar surface area (TPSA) is 78.3 Å². The molecule has 1 aromatic carbocycles. The Morgan fingerprint density at radius 3 is 2.87 bits per heavy atom. The summed E-state index contributed by atoms with van der Waals surface area (Å²) in [7, 11) is 0. The summed E-state index contributed by atoms with van der Waals surface area (Å²) in [6.07, 6.45) is 1.33. The molecular weight excluding hydrogens is 314 g/mol. The van der Waals surface area contributed by atoms with Gasteiger partial charge in [0.25, 0.3) is 4.84 Å². The molecule has 0 radical (unpaired) electrons. The first-order chi connectivity index (χ1) is 11.0. The highest BCUT2D eigenvalue weighted by atomic mass is 32.1. The largest absolute Gasteiger partial charge is 0.429 e. The Bertz CT molecular complexity index is 808. The number of nitrogens with one attached hydrogen (secondary N) is 2. The number of oxazole rings is 1. The third kappa shape index (κ3) is 3.14. The minimum Gasteiger partial charge on any atom is -0.429 e. The Labute approximate surface area is 138 Å². The van der Waals surface area contributed by atoms with Crippen molar-refractivity contribution in [1.82, 2.24) is 9.88 Å². The number of aromatic amines is 1. The van der Waals surface area contributed by atoms with Gasteiger partial charge >= 0.3 is 0 Å². The predicted molar refractivity (Wildman–Crippen MR) is 89.6 cm³/mol. The molecule has 0 bridgehead atoms. The average Bonchev–Trinajstić information content (AvgIpc) is 3.03. The maximum atomic E-state index is 12.7. The van der Waals surface area contributed by atoms with Crippen LogP contribution >= 0.6 is 12.2 Å². The Morgan fingerprint density at radius 2 is 2.22 bits per heavy atom. The number of carbonyl (C=O) groups is 2. The molecule has 0 unspecified atom stereocenters. The third-order valence-electron chi connectivity index (χ3n) is 4.03. The number of fused-ring (bicyclic) bond motifs is 1. The van der Waals surface area contributed by atoms with E-state index < -0.39 is 6.04 Å². The molecule has 6 nitrogen and oxygen atoms in total. The summed E-state index contributed by atoms with van der Waals surface area (Å²) in [5, 5.41) is 2.88.